The summed E-state index contributed by atoms with van der Waals surface area (Å²) in [4.78, 5) is 38.3. The number of aliphatic carboxylic acids is 1. The third-order valence-electron chi connectivity index (χ3n) is 5.31. The van der Waals surface area contributed by atoms with Crippen molar-refractivity contribution in [3.05, 3.63) is 77.1 Å². The van der Waals surface area contributed by atoms with E-state index in [1.807, 2.05) is 30.3 Å². The van der Waals surface area contributed by atoms with Gasteiger partial charge in [-0.05, 0) is 35.8 Å². The van der Waals surface area contributed by atoms with Crippen molar-refractivity contribution in [1.29, 1.82) is 0 Å². The van der Waals surface area contributed by atoms with Crippen LogP contribution < -0.4 is 9.47 Å². The van der Waals surface area contributed by atoms with Gasteiger partial charge in [-0.3, -0.25) is 14.4 Å². The number of carbonyl (C=O) groups excluding carboxylic acids is 2. The molecule has 2 aromatic rings. The van der Waals surface area contributed by atoms with Crippen molar-refractivity contribution >= 4 is 23.7 Å². The number of ether oxygens (including phenoxy) is 2. The number of aliphatic hydroxyl groups excluding tert-OH is 1. The highest BCUT2D eigenvalue weighted by Crippen LogP contribution is 2.41. The smallest absolute Gasteiger partial charge is 0.303 e. The minimum atomic E-state index is -0.997. The zero-order valence-electron chi connectivity index (χ0n) is 18.4. The lowest BCUT2D eigenvalue weighted by Gasteiger charge is -2.27. The summed E-state index contributed by atoms with van der Waals surface area (Å²) in [5.41, 5.74) is 1.24. The maximum Gasteiger partial charge on any atom is 0.303 e. The van der Waals surface area contributed by atoms with E-state index >= 15 is 0 Å². The van der Waals surface area contributed by atoms with Crippen LogP contribution in [-0.2, 0) is 14.4 Å². The van der Waals surface area contributed by atoms with E-state index in [4.69, 9.17) is 14.6 Å². The first kappa shape index (κ1) is 23.6. The Labute approximate surface area is 191 Å². The molecular weight excluding hydrogens is 426 g/mol. The van der Waals surface area contributed by atoms with Crippen molar-refractivity contribution in [3.8, 4) is 11.5 Å². The molecule has 1 atom stereocenters. The molecule has 0 aromatic heterocycles. The summed E-state index contributed by atoms with van der Waals surface area (Å²) in [7, 11) is 2.96. The van der Waals surface area contributed by atoms with Gasteiger partial charge >= 0.3 is 5.97 Å². The summed E-state index contributed by atoms with van der Waals surface area (Å²) in [6.45, 7) is 0.0490. The first-order valence-corrected chi connectivity index (χ1v) is 10.3. The Balaban J connectivity index is 2.01. The SMILES string of the molecule is COc1ccc([C@@H]2C(C(=O)/C=C/c3ccccc3)=C(O)C(=O)N2CCCC(=O)O)cc1OC. The van der Waals surface area contributed by atoms with Crippen LogP contribution in [0.4, 0.5) is 0 Å². The van der Waals surface area contributed by atoms with Gasteiger partial charge in [0.1, 0.15) is 0 Å². The summed E-state index contributed by atoms with van der Waals surface area (Å²) in [6.07, 6.45) is 2.92. The molecule has 0 fully saturated rings. The highest BCUT2D eigenvalue weighted by molar-refractivity contribution is 6.14. The predicted molar refractivity (Wildman–Crippen MR) is 121 cm³/mol. The molecule has 1 amide bonds. The number of carboxylic acids is 1. The molecule has 0 aliphatic carbocycles. The molecule has 3 rings (SSSR count). The number of rotatable bonds is 10. The number of carbonyl (C=O) groups is 3. The lowest BCUT2D eigenvalue weighted by molar-refractivity contribution is -0.138. The minimum absolute atomic E-state index is 0.0490. The number of methoxy groups -OCH3 is 2. The number of carboxylic acid groups (broad SMARTS) is 1. The number of nitrogens with zero attached hydrogens (tertiary/aromatic N) is 1. The van der Waals surface area contributed by atoms with Crippen LogP contribution in [0.5, 0.6) is 11.5 Å². The second-order valence-corrected chi connectivity index (χ2v) is 7.38. The number of hydrogen-bond donors (Lipinski definition) is 2. The summed E-state index contributed by atoms with van der Waals surface area (Å²) in [5.74, 6) is -2.03. The van der Waals surface area contributed by atoms with Gasteiger partial charge in [-0.2, -0.15) is 0 Å². The molecule has 2 N–H and O–H groups in total. The zero-order valence-corrected chi connectivity index (χ0v) is 18.4. The summed E-state index contributed by atoms with van der Waals surface area (Å²) < 4.78 is 10.6. The molecular formula is C25H25NO7. The highest BCUT2D eigenvalue weighted by atomic mass is 16.5. The van der Waals surface area contributed by atoms with Crippen LogP contribution in [0.25, 0.3) is 6.08 Å². The fraction of sp³-hybridized carbons (Fsp3) is 0.240. The largest absolute Gasteiger partial charge is 0.503 e. The van der Waals surface area contributed by atoms with Crippen molar-refractivity contribution in [2.45, 2.75) is 18.9 Å². The second kappa shape index (κ2) is 10.5. The normalized spacial score (nSPS) is 15.9. The Hall–Kier alpha value is -4.07. The molecule has 0 saturated carbocycles. The van der Waals surface area contributed by atoms with E-state index < -0.39 is 29.5 Å². The van der Waals surface area contributed by atoms with Crippen LogP contribution in [0.2, 0.25) is 0 Å². The Kier molecular flexibility index (Phi) is 7.50. The molecule has 8 nitrogen and oxygen atoms in total. The fourth-order valence-corrected chi connectivity index (χ4v) is 3.73. The molecule has 0 bridgehead atoms. The number of hydrogen-bond acceptors (Lipinski definition) is 6. The van der Waals surface area contributed by atoms with Gasteiger partial charge in [0.05, 0.1) is 25.8 Å². The number of amides is 1. The molecule has 1 aliphatic rings. The molecule has 0 radical (unpaired) electrons. The monoisotopic (exact) mass is 451 g/mol. The zero-order chi connectivity index (χ0) is 24.0. The summed E-state index contributed by atoms with van der Waals surface area (Å²) in [6, 6.07) is 13.2. The van der Waals surface area contributed by atoms with Crippen LogP contribution >= 0.6 is 0 Å². The van der Waals surface area contributed by atoms with Gasteiger partial charge in [-0.15, -0.1) is 0 Å². The first-order valence-electron chi connectivity index (χ1n) is 10.3. The molecule has 172 valence electrons. The van der Waals surface area contributed by atoms with Gasteiger partial charge in [-0.1, -0.05) is 42.5 Å². The summed E-state index contributed by atoms with van der Waals surface area (Å²) in [5, 5.41) is 19.6. The number of benzene rings is 2. The van der Waals surface area contributed by atoms with Gasteiger partial charge in [0, 0.05) is 13.0 Å². The van der Waals surface area contributed by atoms with E-state index in [1.165, 1.54) is 25.2 Å². The topological polar surface area (TPSA) is 113 Å². The number of allylic oxidation sites excluding steroid dienone is 1. The third-order valence-corrected chi connectivity index (χ3v) is 5.31. The van der Waals surface area contributed by atoms with Gasteiger partial charge < -0.3 is 24.6 Å². The Morgan fingerprint density at radius 2 is 1.76 bits per heavy atom. The highest BCUT2D eigenvalue weighted by Gasteiger charge is 2.42. The average molecular weight is 451 g/mol. The minimum Gasteiger partial charge on any atom is -0.503 e. The van der Waals surface area contributed by atoms with Crippen molar-refractivity contribution < 1.29 is 34.1 Å². The van der Waals surface area contributed by atoms with Crippen molar-refractivity contribution in [2.24, 2.45) is 0 Å². The van der Waals surface area contributed by atoms with E-state index in [9.17, 15) is 19.5 Å². The average Bonchev–Trinajstić information content (AvgIpc) is 3.07. The van der Waals surface area contributed by atoms with Crippen LogP contribution in [-0.4, -0.2) is 53.5 Å². The van der Waals surface area contributed by atoms with E-state index in [0.717, 1.165) is 5.56 Å². The molecule has 8 heteroatoms. The van der Waals surface area contributed by atoms with E-state index in [-0.39, 0.29) is 25.0 Å². The first-order chi connectivity index (χ1) is 15.9. The van der Waals surface area contributed by atoms with Crippen molar-refractivity contribution in [2.75, 3.05) is 20.8 Å². The Morgan fingerprint density at radius 3 is 2.39 bits per heavy atom. The lowest BCUT2D eigenvalue weighted by Crippen LogP contribution is -2.32. The standard InChI is InChI=1S/C25H25NO7/c1-32-19-13-11-17(15-20(19)33-2)23-22(18(27)12-10-16-7-4-3-5-8-16)24(30)25(31)26(23)14-6-9-21(28)29/h3-5,7-8,10-13,15,23,30H,6,9,14H2,1-2H3,(H,28,29)/b12-10+/t23-/m1/s1. The van der Waals surface area contributed by atoms with Crippen molar-refractivity contribution in [3.63, 3.8) is 0 Å². The van der Waals surface area contributed by atoms with Crippen LogP contribution in [0.15, 0.2) is 65.9 Å². The number of ketones is 1. The van der Waals surface area contributed by atoms with Gasteiger partial charge in [0.15, 0.2) is 23.0 Å². The number of aliphatic hydroxyl groups is 1. The van der Waals surface area contributed by atoms with E-state index in [2.05, 4.69) is 0 Å². The summed E-state index contributed by atoms with van der Waals surface area (Å²) >= 11 is 0. The van der Waals surface area contributed by atoms with Crippen LogP contribution in [0, 0.1) is 0 Å². The molecule has 2 aromatic carbocycles. The van der Waals surface area contributed by atoms with Crippen LogP contribution in [0.1, 0.15) is 30.0 Å². The third kappa shape index (κ3) is 5.23. The quantitative estimate of drug-likeness (QED) is 0.531. The molecule has 0 spiro atoms. The van der Waals surface area contributed by atoms with Gasteiger partial charge in [0.2, 0.25) is 0 Å². The van der Waals surface area contributed by atoms with Crippen molar-refractivity contribution in [1.82, 2.24) is 4.90 Å². The molecule has 1 aliphatic heterocycles. The second-order valence-electron chi connectivity index (χ2n) is 7.38. The maximum absolute atomic E-state index is 13.1. The van der Waals surface area contributed by atoms with Crippen LogP contribution in [0.3, 0.4) is 0 Å². The fourth-order valence-electron chi connectivity index (χ4n) is 3.73. The van der Waals surface area contributed by atoms with E-state index in [0.29, 0.717) is 17.1 Å². The molecule has 1 heterocycles. The van der Waals surface area contributed by atoms with Gasteiger partial charge in [0.25, 0.3) is 5.91 Å². The van der Waals surface area contributed by atoms with Gasteiger partial charge in [-0.25, -0.2) is 0 Å². The Morgan fingerprint density at radius 1 is 1.06 bits per heavy atom. The van der Waals surface area contributed by atoms with E-state index in [1.54, 1.807) is 24.3 Å². The maximum atomic E-state index is 13.1. The lowest BCUT2D eigenvalue weighted by atomic mass is 9.95. The predicted octanol–water partition coefficient (Wildman–Crippen LogP) is 3.55. The molecule has 33 heavy (non-hydrogen) atoms. The Bertz CT molecular complexity index is 1100. The molecule has 0 saturated heterocycles. The molecule has 0 unspecified atom stereocenters.